The van der Waals surface area contributed by atoms with E-state index in [-0.39, 0.29) is 5.82 Å². The molecule has 1 saturated heterocycles. The number of nitrogens with one attached hydrogen (secondary N) is 1. The molecule has 2 unspecified atom stereocenters. The highest BCUT2D eigenvalue weighted by Crippen LogP contribution is 2.24. The van der Waals surface area contributed by atoms with Crippen LogP contribution in [0.4, 0.5) is 4.39 Å². The summed E-state index contributed by atoms with van der Waals surface area (Å²) >= 11 is 0. The zero-order valence-corrected chi connectivity index (χ0v) is 7.76. The van der Waals surface area contributed by atoms with Gasteiger partial charge in [-0.05, 0) is 36.6 Å². The molecule has 1 aromatic rings. The van der Waals surface area contributed by atoms with Gasteiger partial charge in [0.15, 0.2) is 0 Å². The van der Waals surface area contributed by atoms with Gasteiger partial charge in [-0.3, -0.25) is 0 Å². The maximum atomic E-state index is 12.6. The maximum Gasteiger partial charge on any atom is 0.123 e. The quantitative estimate of drug-likeness (QED) is 0.734. The molecule has 1 aromatic carbocycles. The Morgan fingerprint density at radius 2 is 2.00 bits per heavy atom. The van der Waals surface area contributed by atoms with Gasteiger partial charge in [0.25, 0.3) is 0 Å². The van der Waals surface area contributed by atoms with Crippen molar-refractivity contribution in [1.82, 2.24) is 5.32 Å². The lowest BCUT2D eigenvalue weighted by Gasteiger charge is -2.33. The summed E-state index contributed by atoms with van der Waals surface area (Å²) in [5.74, 6) is 0.340. The fourth-order valence-electron chi connectivity index (χ4n) is 1.74. The Labute approximate surface area is 78.0 Å². The minimum atomic E-state index is -0.155. The zero-order valence-electron chi connectivity index (χ0n) is 7.76. The van der Waals surface area contributed by atoms with Crippen LogP contribution in [-0.4, -0.2) is 12.6 Å². The first-order valence-electron chi connectivity index (χ1n) is 4.76. The molecule has 2 rings (SSSR count). The first-order valence-corrected chi connectivity index (χ1v) is 4.76. The van der Waals surface area contributed by atoms with Crippen LogP contribution in [0.2, 0.25) is 0 Å². The molecule has 0 aliphatic carbocycles. The van der Waals surface area contributed by atoms with Crippen LogP contribution in [0.15, 0.2) is 24.3 Å². The number of hydrogen-bond acceptors (Lipinski definition) is 1. The van der Waals surface area contributed by atoms with E-state index in [1.54, 1.807) is 0 Å². The highest BCUT2D eigenvalue weighted by Gasteiger charge is 2.23. The van der Waals surface area contributed by atoms with Gasteiger partial charge < -0.3 is 5.32 Å². The van der Waals surface area contributed by atoms with Crippen LogP contribution < -0.4 is 5.32 Å². The van der Waals surface area contributed by atoms with Crippen LogP contribution in [-0.2, 0) is 0 Å². The summed E-state index contributed by atoms with van der Waals surface area (Å²) in [6.45, 7) is 3.31. The van der Waals surface area contributed by atoms with Crippen molar-refractivity contribution < 1.29 is 4.39 Å². The smallest absolute Gasteiger partial charge is 0.123 e. The Hall–Kier alpha value is -0.890. The molecule has 0 aromatic heterocycles. The normalized spacial score (nSPS) is 23.7. The second-order valence-corrected chi connectivity index (χ2v) is 3.69. The van der Waals surface area contributed by atoms with Crippen LogP contribution in [0.25, 0.3) is 0 Å². The second-order valence-electron chi connectivity index (χ2n) is 3.69. The van der Waals surface area contributed by atoms with Gasteiger partial charge in [0.2, 0.25) is 0 Å². The Bertz CT molecular complexity index is 277. The minimum Gasteiger partial charge on any atom is -0.313 e. The summed E-state index contributed by atoms with van der Waals surface area (Å²) in [4.78, 5) is 0. The van der Waals surface area contributed by atoms with E-state index in [1.807, 2.05) is 12.1 Å². The average Bonchev–Trinajstić information content (AvgIpc) is 2.02. The zero-order chi connectivity index (χ0) is 9.26. The highest BCUT2D eigenvalue weighted by atomic mass is 19.1. The van der Waals surface area contributed by atoms with Gasteiger partial charge >= 0.3 is 0 Å². The van der Waals surface area contributed by atoms with Crippen LogP contribution in [0, 0.1) is 5.82 Å². The third-order valence-electron chi connectivity index (χ3n) is 2.86. The van der Waals surface area contributed by atoms with Crippen LogP contribution in [0.1, 0.15) is 24.8 Å². The molecule has 0 amide bonds. The van der Waals surface area contributed by atoms with Gasteiger partial charge in [-0.25, -0.2) is 4.39 Å². The van der Waals surface area contributed by atoms with Crippen LogP contribution in [0.3, 0.4) is 0 Å². The fourth-order valence-corrected chi connectivity index (χ4v) is 1.74. The summed E-state index contributed by atoms with van der Waals surface area (Å²) in [7, 11) is 0. The Morgan fingerprint density at radius 1 is 1.38 bits per heavy atom. The van der Waals surface area contributed by atoms with Gasteiger partial charge in [-0.1, -0.05) is 19.1 Å². The molecule has 1 fully saturated rings. The van der Waals surface area contributed by atoms with Crippen molar-refractivity contribution in [2.24, 2.45) is 0 Å². The topological polar surface area (TPSA) is 12.0 Å². The van der Waals surface area contributed by atoms with E-state index in [0.717, 1.165) is 6.54 Å². The Morgan fingerprint density at radius 3 is 2.46 bits per heavy atom. The van der Waals surface area contributed by atoms with E-state index in [0.29, 0.717) is 12.0 Å². The summed E-state index contributed by atoms with van der Waals surface area (Å²) < 4.78 is 12.6. The van der Waals surface area contributed by atoms with Crippen molar-refractivity contribution in [3.63, 3.8) is 0 Å². The van der Waals surface area contributed by atoms with Gasteiger partial charge in [0, 0.05) is 6.04 Å². The van der Waals surface area contributed by atoms with Gasteiger partial charge in [0.1, 0.15) is 5.82 Å². The molecule has 13 heavy (non-hydrogen) atoms. The molecule has 0 radical (unpaired) electrons. The molecule has 1 heterocycles. The first-order chi connectivity index (χ1) is 6.27. The van der Waals surface area contributed by atoms with E-state index in [9.17, 15) is 4.39 Å². The highest BCUT2D eigenvalue weighted by molar-refractivity contribution is 5.22. The minimum absolute atomic E-state index is 0.155. The molecule has 1 nitrogen and oxygen atoms in total. The van der Waals surface area contributed by atoms with Crippen molar-refractivity contribution >= 4 is 0 Å². The third-order valence-corrected chi connectivity index (χ3v) is 2.86. The van der Waals surface area contributed by atoms with Crippen LogP contribution >= 0.6 is 0 Å². The molecule has 2 heteroatoms. The largest absolute Gasteiger partial charge is 0.313 e. The summed E-state index contributed by atoms with van der Waals surface area (Å²) in [6.07, 6.45) is 1.23. The Kier molecular flexibility index (Phi) is 2.32. The Balaban J connectivity index is 2.10. The molecular weight excluding hydrogens is 165 g/mol. The molecule has 0 spiro atoms. The lowest BCUT2D eigenvalue weighted by Crippen LogP contribution is -2.46. The van der Waals surface area contributed by atoms with Crippen LogP contribution in [0.5, 0.6) is 0 Å². The summed E-state index contributed by atoms with van der Waals surface area (Å²) in [6, 6.07) is 7.40. The number of halogens is 1. The van der Waals surface area contributed by atoms with Crippen molar-refractivity contribution in [2.45, 2.75) is 25.3 Å². The van der Waals surface area contributed by atoms with Crippen molar-refractivity contribution in [2.75, 3.05) is 6.54 Å². The van der Waals surface area contributed by atoms with E-state index >= 15 is 0 Å². The monoisotopic (exact) mass is 179 g/mol. The molecule has 1 aliphatic rings. The predicted molar refractivity (Wildman–Crippen MR) is 51.2 cm³/mol. The van der Waals surface area contributed by atoms with E-state index < -0.39 is 0 Å². The first kappa shape index (κ1) is 8.70. The fraction of sp³-hybridized carbons (Fsp3) is 0.455. The number of hydrogen-bond donors (Lipinski definition) is 1. The van der Waals surface area contributed by atoms with Gasteiger partial charge in [0.05, 0.1) is 0 Å². The molecule has 2 atom stereocenters. The molecular formula is C11H14FN. The van der Waals surface area contributed by atoms with Crippen molar-refractivity contribution in [1.29, 1.82) is 0 Å². The second kappa shape index (κ2) is 3.46. The SMILES string of the molecule is CC(c1ccc(F)cc1)C1CCN1. The summed E-state index contributed by atoms with van der Waals surface area (Å²) in [5, 5.41) is 3.36. The number of benzene rings is 1. The van der Waals surface area contributed by atoms with Gasteiger partial charge in [-0.15, -0.1) is 0 Å². The number of rotatable bonds is 2. The maximum absolute atomic E-state index is 12.6. The van der Waals surface area contributed by atoms with Crippen molar-refractivity contribution in [3.8, 4) is 0 Å². The average molecular weight is 179 g/mol. The molecule has 0 bridgehead atoms. The standard InChI is InChI=1S/C11H14FN/c1-8(11-6-7-13-11)9-2-4-10(12)5-3-9/h2-5,8,11,13H,6-7H2,1H3. The van der Waals surface area contributed by atoms with Crippen molar-refractivity contribution in [3.05, 3.63) is 35.6 Å². The molecule has 70 valence electrons. The lowest BCUT2D eigenvalue weighted by molar-refractivity contribution is 0.327. The van der Waals surface area contributed by atoms with E-state index in [4.69, 9.17) is 0 Å². The lowest BCUT2D eigenvalue weighted by atomic mass is 9.87. The van der Waals surface area contributed by atoms with E-state index in [1.165, 1.54) is 24.1 Å². The third kappa shape index (κ3) is 1.73. The molecule has 1 N–H and O–H groups in total. The summed E-state index contributed by atoms with van der Waals surface area (Å²) in [5.41, 5.74) is 1.22. The molecule has 1 aliphatic heterocycles. The van der Waals surface area contributed by atoms with Gasteiger partial charge in [-0.2, -0.15) is 0 Å². The van der Waals surface area contributed by atoms with E-state index in [2.05, 4.69) is 12.2 Å². The predicted octanol–water partition coefficient (Wildman–Crippen LogP) is 2.29. The molecule has 0 saturated carbocycles.